The fourth-order valence-corrected chi connectivity index (χ4v) is 2.19. The highest BCUT2D eigenvalue weighted by Crippen LogP contribution is 2.34. The van der Waals surface area contributed by atoms with Crippen molar-refractivity contribution in [2.24, 2.45) is 0 Å². The van der Waals surface area contributed by atoms with E-state index in [1.54, 1.807) is 6.20 Å². The summed E-state index contributed by atoms with van der Waals surface area (Å²) in [6.45, 7) is 2.12. The number of ether oxygens (including phenoxy) is 1. The van der Waals surface area contributed by atoms with Crippen LogP contribution in [0.25, 0.3) is 10.9 Å². The van der Waals surface area contributed by atoms with Crippen LogP contribution < -0.4 is 10.5 Å². The van der Waals surface area contributed by atoms with Gasteiger partial charge >= 0.3 is 0 Å². The molecule has 0 bridgehead atoms. The first-order chi connectivity index (χ1) is 9.78. The highest BCUT2D eigenvalue weighted by atomic mass is 16.5. The van der Waals surface area contributed by atoms with Crippen molar-refractivity contribution in [1.82, 2.24) is 4.98 Å². The molecule has 3 nitrogen and oxygen atoms in total. The Morgan fingerprint density at radius 2 is 1.95 bits per heavy atom. The minimum atomic E-state index is 0.547. The van der Waals surface area contributed by atoms with Gasteiger partial charge in [0.2, 0.25) is 0 Å². The molecule has 1 aromatic heterocycles. The molecule has 1 heterocycles. The number of fused-ring (bicyclic) bond motifs is 1. The molecule has 2 aromatic carbocycles. The van der Waals surface area contributed by atoms with Gasteiger partial charge < -0.3 is 10.5 Å². The third-order valence-corrected chi connectivity index (χ3v) is 3.28. The number of rotatable bonds is 3. The summed E-state index contributed by atoms with van der Waals surface area (Å²) in [5, 5.41) is 0.925. The Hall–Kier alpha value is -2.55. The van der Waals surface area contributed by atoms with Gasteiger partial charge in [0.1, 0.15) is 5.75 Å². The van der Waals surface area contributed by atoms with Crippen molar-refractivity contribution >= 4 is 16.6 Å². The highest BCUT2D eigenvalue weighted by molar-refractivity contribution is 5.89. The lowest BCUT2D eigenvalue weighted by molar-refractivity contribution is 0.489. The number of hydrogen-bond donors (Lipinski definition) is 1. The van der Waals surface area contributed by atoms with E-state index in [4.69, 9.17) is 10.5 Å². The zero-order chi connectivity index (χ0) is 13.9. The Bertz CT molecular complexity index is 753. The number of aromatic nitrogens is 1. The van der Waals surface area contributed by atoms with Gasteiger partial charge in [-0.3, -0.25) is 4.98 Å². The summed E-state index contributed by atoms with van der Waals surface area (Å²) in [5.41, 5.74) is 8.68. The third-order valence-electron chi connectivity index (χ3n) is 3.28. The van der Waals surface area contributed by atoms with E-state index in [9.17, 15) is 0 Å². The van der Waals surface area contributed by atoms with Crippen LogP contribution in [-0.4, -0.2) is 4.98 Å². The maximum Gasteiger partial charge on any atom is 0.161 e. The van der Waals surface area contributed by atoms with Crippen LogP contribution in [0.5, 0.6) is 11.5 Å². The Kier molecular flexibility index (Phi) is 3.25. The van der Waals surface area contributed by atoms with E-state index in [2.05, 4.69) is 18.0 Å². The number of hydrogen-bond acceptors (Lipinski definition) is 3. The topological polar surface area (TPSA) is 48.1 Å². The van der Waals surface area contributed by atoms with Crippen molar-refractivity contribution in [3.8, 4) is 11.5 Å². The average Bonchev–Trinajstić information content (AvgIpc) is 2.50. The summed E-state index contributed by atoms with van der Waals surface area (Å²) in [7, 11) is 0. The molecule has 3 aromatic rings. The van der Waals surface area contributed by atoms with Crippen molar-refractivity contribution in [2.45, 2.75) is 13.3 Å². The number of benzene rings is 2. The van der Waals surface area contributed by atoms with E-state index in [0.717, 1.165) is 23.1 Å². The molecule has 0 aliphatic carbocycles. The first-order valence-electron chi connectivity index (χ1n) is 6.68. The smallest absolute Gasteiger partial charge is 0.161 e. The highest BCUT2D eigenvalue weighted by Gasteiger charge is 2.09. The van der Waals surface area contributed by atoms with Crippen LogP contribution in [0.4, 0.5) is 5.69 Å². The number of anilines is 1. The van der Waals surface area contributed by atoms with Gasteiger partial charge in [0, 0.05) is 5.39 Å². The molecule has 0 aliphatic heterocycles. The second-order valence-electron chi connectivity index (χ2n) is 4.66. The number of nitrogens with zero attached hydrogens (tertiary/aromatic N) is 1. The number of pyridine rings is 1. The van der Waals surface area contributed by atoms with Crippen LogP contribution in [0.1, 0.15) is 12.5 Å². The molecule has 0 radical (unpaired) electrons. The average molecular weight is 264 g/mol. The monoisotopic (exact) mass is 264 g/mol. The van der Waals surface area contributed by atoms with Crippen molar-refractivity contribution in [3.05, 3.63) is 60.3 Å². The SMILES string of the molecule is CCc1cccc(Oc2c(N)cnc3ccccc23)c1. The predicted molar refractivity (Wildman–Crippen MR) is 82.0 cm³/mol. The van der Waals surface area contributed by atoms with E-state index < -0.39 is 0 Å². The Balaban J connectivity index is 2.07. The first-order valence-corrected chi connectivity index (χ1v) is 6.68. The molecular weight excluding hydrogens is 248 g/mol. The van der Waals surface area contributed by atoms with Crippen LogP contribution >= 0.6 is 0 Å². The predicted octanol–water partition coefficient (Wildman–Crippen LogP) is 4.17. The summed E-state index contributed by atoms with van der Waals surface area (Å²) in [5.74, 6) is 1.47. The van der Waals surface area contributed by atoms with Gasteiger partial charge in [-0.05, 0) is 36.2 Å². The molecule has 0 fully saturated rings. The fourth-order valence-electron chi connectivity index (χ4n) is 2.19. The zero-order valence-corrected chi connectivity index (χ0v) is 11.3. The maximum absolute atomic E-state index is 6.02. The molecule has 0 spiro atoms. The largest absolute Gasteiger partial charge is 0.454 e. The zero-order valence-electron chi connectivity index (χ0n) is 11.3. The van der Waals surface area contributed by atoms with Gasteiger partial charge in [-0.15, -0.1) is 0 Å². The lowest BCUT2D eigenvalue weighted by atomic mass is 10.1. The van der Waals surface area contributed by atoms with Gasteiger partial charge in [-0.1, -0.05) is 31.2 Å². The molecule has 2 N–H and O–H groups in total. The second-order valence-corrected chi connectivity index (χ2v) is 4.66. The van der Waals surface area contributed by atoms with Crippen LogP contribution in [0.3, 0.4) is 0 Å². The van der Waals surface area contributed by atoms with Crippen molar-refractivity contribution in [2.75, 3.05) is 5.73 Å². The fraction of sp³-hybridized carbons (Fsp3) is 0.118. The molecule has 0 unspecified atom stereocenters. The van der Waals surface area contributed by atoms with E-state index >= 15 is 0 Å². The van der Waals surface area contributed by atoms with Crippen LogP contribution in [0, 0.1) is 0 Å². The third kappa shape index (κ3) is 2.30. The number of aryl methyl sites for hydroxylation is 1. The van der Waals surface area contributed by atoms with E-state index in [0.29, 0.717) is 11.4 Å². The van der Waals surface area contributed by atoms with Crippen LogP contribution in [-0.2, 0) is 6.42 Å². The van der Waals surface area contributed by atoms with Gasteiger partial charge in [0.15, 0.2) is 5.75 Å². The van der Waals surface area contributed by atoms with E-state index in [1.165, 1.54) is 5.56 Å². The standard InChI is InChI=1S/C17H16N2O/c1-2-12-6-5-7-13(10-12)20-17-14-8-3-4-9-16(14)19-11-15(17)18/h3-11H,2,18H2,1H3. The molecule has 3 rings (SSSR count). The van der Waals surface area contributed by atoms with Gasteiger partial charge in [0.05, 0.1) is 17.4 Å². The molecule has 100 valence electrons. The van der Waals surface area contributed by atoms with Crippen LogP contribution in [0.15, 0.2) is 54.7 Å². The number of nitrogens with two attached hydrogens (primary N) is 1. The van der Waals surface area contributed by atoms with Gasteiger partial charge in [-0.2, -0.15) is 0 Å². The minimum Gasteiger partial charge on any atom is -0.454 e. The number of nitrogen functional groups attached to an aromatic ring is 1. The molecule has 0 aliphatic rings. The van der Waals surface area contributed by atoms with Gasteiger partial charge in [-0.25, -0.2) is 0 Å². The van der Waals surface area contributed by atoms with Crippen molar-refractivity contribution < 1.29 is 4.74 Å². The summed E-state index contributed by atoms with van der Waals surface area (Å²) in [6.07, 6.45) is 2.62. The lowest BCUT2D eigenvalue weighted by Gasteiger charge is -2.11. The summed E-state index contributed by atoms with van der Waals surface area (Å²) >= 11 is 0. The van der Waals surface area contributed by atoms with E-state index in [1.807, 2.05) is 42.5 Å². The Labute approximate surface area is 118 Å². The van der Waals surface area contributed by atoms with Gasteiger partial charge in [0.25, 0.3) is 0 Å². The summed E-state index contributed by atoms with van der Waals surface area (Å²) < 4.78 is 6.00. The van der Waals surface area contributed by atoms with Crippen molar-refractivity contribution in [3.63, 3.8) is 0 Å². The molecule has 0 atom stereocenters. The van der Waals surface area contributed by atoms with Crippen LogP contribution in [0.2, 0.25) is 0 Å². The summed E-state index contributed by atoms with van der Waals surface area (Å²) in [6, 6.07) is 15.9. The Morgan fingerprint density at radius 3 is 2.80 bits per heavy atom. The molecular formula is C17H16N2O. The second kappa shape index (κ2) is 5.21. The quantitative estimate of drug-likeness (QED) is 0.772. The molecule has 0 saturated carbocycles. The Morgan fingerprint density at radius 1 is 1.10 bits per heavy atom. The molecule has 3 heteroatoms. The number of para-hydroxylation sites is 1. The maximum atomic E-state index is 6.02. The molecule has 20 heavy (non-hydrogen) atoms. The molecule has 0 amide bonds. The van der Waals surface area contributed by atoms with E-state index in [-0.39, 0.29) is 0 Å². The summed E-state index contributed by atoms with van der Waals surface area (Å²) in [4.78, 5) is 4.31. The normalized spacial score (nSPS) is 10.7. The molecule has 0 saturated heterocycles. The first kappa shape index (κ1) is 12.5. The lowest BCUT2D eigenvalue weighted by Crippen LogP contribution is -1.95. The minimum absolute atomic E-state index is 0.547. The van der Waals surface area contributed by atoms with Crippen molar-refractivity contribution in [1.29, 1.82) is 0 Å².